The molecule has 0 saturated carbocycles. The molecular formula is C43H61N8O6PS2. The molecule has 0 spiro atoms. The maximum absolute atomic E-state index is 13.9. The van der Waals surface area contributed by atoms with Gasteiger partial charge in [0.15, 0.2) is 0 Å². The fourth-order valence-corrected chi connectivity index (χ4v) is 12.4. The fraction of sp³-hybridized carbons (Fsp3) is 0.581. The van der Waals surface area contributed by atoms with Gasteiger partial charge in [-0.3, -0.25) is 33.9 Å². The van der Waals surface area contributed by atoms with Crippen LogP contribution in [0, 0.1) is 10.8 Å². The number of amides is 6. The first kappa shape index (κ1) is 45.8. The monoisotopic (exact) mass is 880 g/mol. The molecule has 4 saturated heterocycles. The predicted octanol–water partition coefficient (Wildman–Crippen LogP) is 4.95. The lowest BCUT2D eigenvalue weighted by molar-refractivity contribution is -0.142. The summed E-state index contributed by atoms with van der Waals surface area (Å²) >= 11 is 3.34. The van der Waals surface area contributed by atoms with Crippen molar-refractivity contribution in [2.75, 3.05) is 42.9 Å². The van der Waals surface area contributed by atoms with Crippen LogP contribution in [0.1, 0.15) is 71.4 Å². The molecule has 4 aliphatic rings. The summed E-state index contributed by atoms with van der Waals surface area (Å²) in [5, 5.41) is 17.6. The molecule has 0 radical (unpaired) electrons. The molecule has 14 nitrogen and oxygen atoms in total. The third-order valence-electron chi connectivity index (χ3n) is 12.3. The molecule has 4 heterocycles. The first-order valence-corrected chi connectivity index (χ1v) is 24.7. The Morgan fingerprint density at radius 3 is 1.53 bits per heavy atom. The number of carbonyl (C=O) groups is 6. The van der Waals surface area contributed by atoms with Crippen LogP contribution in [0.5, 0.6) is 0 Å². The van der Waals surface area contributed by atoms with Crippen molar-refractivity contribution >= 4 is 78.2 Å². The van der Waals surface area contributed by atoms with Crippen LogP contribution in [0.15, 0.2) is 48.5 Å². The van der Waals surface area contributed by atoms with E-state index in [4.69, 9.17) is 0 Å². The minimum atomic E-state index is -1.11. The van der Waals surface area contributed by atoms with Crippen LogP contribution in [0.25, 0.3) is 0 Å². The second kappa shape index (κ2) is 19.1. The van der Waals surface area contributed by atoms with Crippen molar-refractivity contribution in [1.29, 1.82) is 0 Å². The number of likely N-dealkylation sites (N-methyl/N-ethyl adjacent to an activating group) is 1. The summed E-state index contributed by atoms with van der Waals surface area (Å²) < 4.78 is 0. The van der Waals surface area contributed by atoms with Gasteiger partial charge in [0, 0.05) is 11.4 Å². The molecule has 6 rings (SSSR count). The van der Waals surface area contributed by atoms with E-state index in [1.165, 1.54) is 0 Å². The summed E-state index contributed by atoms with van der Waals surface area (Å²) in [5.74, 6) is 0.285. The van der Waals surface area contributed by atoms with Crippen molar-refractivity contribution < 1.29 is 28.8 Å². The highest BCUT2D eigenvalue weighted by atomic mass is 32.2. The lowest BCUT2D eigenvalue weighted by atomic mass is 9.84. The maximum Gasteiger partial charge on any atom is 0.256 e. The van der Waals surface area contributed by atoms with Gasteiger partial charge in [-0.15, -0.1) is 23.5 Å². The van der Waals surface area contributed by atoms with E-state index in [0.29, 0.717) is 48.6 Å². The van der Waals surface area contributed by atoms with E-state index in [1.807, 2.05) is 82.9 Å². The summed E-state index contributed by atoms with van der Waals surface area (Å²) in [6.07, 6.45) is 3.91. The Hall–Kier alpha value is -3.69. The predicted molar refractivity (Wildman–Crippen MR) is 242 cm³/mol. The highest BCUT2D eigenvalue weighted by molar-refractivity contribution is 8.00. The van der Waals surface area contributed by atoms with Gasteiger partial charge in [0.25, 0.3) is 5.65 Å². The van der Waals surface area contributed by atoms with Crippen molar-refractivity contribution in [3.63, 3.8) is 0 Å². The lowest BCUT2D eigenvalue weighted by Gasteiger charge is -2.34. The zero-order chi connectivity index (χ0) is 43.5. The van der Waals surface area contributed by atoms with Gasteiger partial charge in [-0.25, -0.2) is 0 Å². The average Bonchev–Trinajstić information content (AvgIpc) is 3.53. The molecule has 326 valence electrons. The second-order valence-corrected chi connectivity index (χ2v) is 22.2. The van der Waals surface area contributed by atoms with E-state index in [1.54, 1.807) is 54.3 Å². The molecule has 0 aliphatic carbocycles. The number of rotatable bonds is 13. The number of fused-ring (bicyclic) bond motifs is 2. The van der Waals surface area contributed by atoms with Gasteiger partial charge >= 0.3 is 0 Å². The van der Waals surface area contributed by atoms with Gasteiger partial charge in [-0.2, -0.15) is 0 Å². The van der Waals surface area contributed by atoms with Crippen LogP contribution in [-0.2, 0) is 36.8 Å². The molecule has 60 heavy (non-hydrogen) atoms. The van der Waals surface area contributed by atoms with Gasteiger partial charge in [0.05, 0.1) is 24.9 Å². The van der Waals surface area contributed by atoms with Crippen LogP contribution in [-0.4, -0.2) is 118 Å². The zero-order valence-electron chi connectivity index (χ0n) is 35.9. The molecule has 2 aromatic rings. The van der Waals surface area contributed by atoms with Crippen LogP contribution in [0.3, 0.4) is 0 Å². The van der Waals surface area contributed by atoms with Crippen LogP contribution < -0.4 is 31.7 Å². The number of nitrogens with zero attached hydrogens (tertiary/aromatic N) is 2. The molecule has 3 unspecified atom stereocenters. The highest BCUT2D eigenvalue weighted by Gasteiger charge is 2.56. The first-order valence-electron chi connectivity index (χ1n) is 20.8. The van der Waals surface area contributed by atoms with Crippen molar-refractivity contribution in [2.45, 2.75) is 114 Å². The Morgan fingerprint density at radius 2 is 1.13 bits per heavy atom. The second-order valence-electron chi connectivity index (χ2n) is 17.6. The van der Waals surface area contributed by atoms with E-state index in [-0.39, 0.29) is 45.9 Å². The number of hydrogen-bond donors (Lipinski definition) is 6. The van der Waals surface area contributed by atoms with Crippen LogP contribution in [0.4, 0.5) is 16.2 Å². The van der Waals surface area contributed by atoms with Gasteiger partial charge in [0.2, 0.25) is 29.5 Å². The number of aryl methyl sites for hydroxylation is 2. The van der Waals surface area contributed by atoms with Crippen molar-refractivity contribution in [2.24, 2.45) is 10.8 Å². The summed E-state index contributed by atoms with van der Waals surface area (Å²) in [4.78, 5) is 84.4. The van der Waals surface area contributed by atoms with E-state index >= 15 is 0 Å². The summed E-state index contributed by atoms with van der Waals surface area (Å²) in [7, 11) is 2.32. The third-order valence-corrected chi connectivity index (χ3v) is 16.2. The quantitative estimate of drug-likeness (QED) is 0.151. The van der Waals surface area contributed by atoms with Crippen molar-refractivity contribution in [3.8, 4) is 0 Å². The third kappa shape index (κ3) is 10.2. The zero-order valence-corrected chi connectivity index (χ0v) is 38.5. The molecule has 17 heteroatoms. The molecule has 0 bridgehead atoms. The van der Waals surface area contributed by atoms with Crippen molar-refractivity contribution in [3.05, 3.63) is 59.7 Å². The van der Waals surface area contributed by atoms with Gasteiger partial charge in [-0.05, 0) is 124 Å². The molecule has 2 aromatic carbocycles. The number of anilines is 2. The van der Waals surface area contributed by atoms with Gasteiger partial charge < -0.3 is 36.4 Å². The molecule has 0 aromatic heterocycles. The number of hydrogen-bond acceptors (Lipinski definition) is 10. The molecule has 6 N–H and O–H groups in total. The Bertz CT molecular complexity index is 1800. The fourth-order valence-electron chi connectivity index (χ4n) is 8.70. The van der Waals surface area contributed by atoms with E-state index in [9.17, 15) is 28.8 Å². The number of carbonyl (C=O) groups excluding carboxylic acids is 6. The minimum absolute atomic E-state index is 0.135. The molecule has 6 amide bonds. The Balaban J connectivity index is 1.04. The van der Waals surface area contributed by atoms with Gasteiger partial charge in [-0.1, -0.05) is 52.0 Å². The number of nitrogens with one attached hydrogen (secondary N) is 6. The largest absolute Gasteiger partial charge is 0.343 e. The SMILES string of the molecule is CN[C@@H](C)C(=O)N[C@H]1CCSC2CC(C)(C)[C@@H](C(=O)Nc3ccc(CCc4ccc(NC(=O)[C@H]5N6C(=O)[C@@H](NC(=O)P(C)NC)CCSC6CC5(C)C)cc4)cc3)N2C1=O. The summed E-state index contributed by atoms with van der Waals surface area (Å²) in [5.41, 5.74) is 2.38. The topological polar surface area (TPSA) is 181 Å². The van der Waals surface area contributed by atoms with E-state index in [2.05, 4.69) is 31.7 Å². The first-order chi connectivity index (χ1) is 28.4. The van der Waals surface area contributed by atoms with Crippen LogP contribution in [0.2, 0.25) is 0 Å². The Labute approximate surface area is 363 Å². The van der Waals surface area contributed by atoms with Crippen LogP contribution >= 0.6 is 31.6 Å². The normalized spacial score (nSPS) is 26.8. The minimum Gasteiger partial charge on any atom is -0.343 e. The number of benzene rings is 2. The van der Waals surface area contributed by atoms with Crippen molar-refractivity contribution in [1.82, 2.24) is 30.8 Å². The van der Waals surface area contributed by atoms with E-state index in [0.717, 1.165) is 24.0 Å². The summed E-state index contributed by atoms with van der Waals surface area (Å²) in [6.45, 7) is 11.6. The Morgan fingerprint density at radius 1 is 0.717 bits per heavy atom. The maximum atomic E-state index is 13.9. The van der Waals surface area contributed by atoms with E-state index < -0.39 is 49.1 Å². The molecule has 8 atom stereocenters. The lowest BCUT2D eigenvalue weighted by Crippen LogP contribution is -2.57. The number of thioether (sulfide) groups is 2. The molecular weight excluding hydrogens is 820 g/mol. The molecule has 4 fully saturated rings. The highest BCUT2D eigenvalue weighted by Crippen LogP contribution is 2.48. The smallest absolute Gasteiger partial charge is 0.256 e. The Kier molecular flexibility index (Phi) is 14.6. The standard InChI is InChI=1S/C43H61N8O6PS2/c1-25(44-6)36(52)48-30-19-21-59-32-23-42(2,3)34(50(32)39(30)55)37(53)46-28-15-11-26(12-16-28)9-10-27-13-17-29(18-14-27)47-38(54)35-43(4,5)24-33-51(35)40(56)31(20-22-60-33)49-41(57)58(8)45-7/h11-18,25,30-35,44-45H,9-10,19-24H2,1-8H3,(H,46,53)(H,47,54)(H,48,52)(H,49,57)/t25-,30-,31-,32?,33?,34+,35+,58?/m0/s1. The van der Waals surface area contributed by atoms with Gasteiger partial charge in [0.1, 0.15) is 24.2 Å². The average molecular weight is 881 g/mol. The molecule has 4 aliphatic heterocycles. The summed E-state index contributed by atoms with van der Waals surface area (Å²) in [6, 6.07) is 12.3.